The van der Waals surface area contributed by atoms with Crippen LogP contribution in [0.25, 0.3) is 0 Å². The normalized spacial score (nSPS) is 10.9. The van der Waals surface area contributed by atoms with Crippen LogP contribution in [0.1, 0.15) is 28.1 Å². The lowest BCUT2D eigenvalue weighted by Gasteiger charge is -2.10. The first-order valence-electron chi connectivity index (χ1n) is 10.4. The molecule has 0 saturated carbocycles. The van der Waals surface area contributed by atoms with Crippen molar-refractivity contribution in [3.05, 3.63) is 92.9 Å². The molecule has 0 radical (unpaired) electrons. The predicted octanol–water partition coefficient (Wildman–Crippen LogP) is 6.22. The molecule has 9 heteroatoms. The third kappa shape index (κ3) is 5.55. The summed E-state index contributed by atoms with van der Waals surface area (Å²) in [6, 6.07) is 15.7. The van der Waals surface area contributed by atoms with Crippen molar-refractivity contribution in [2.75, 3.05) is 10.6 Å². The number of anilines is 2. The number of nitrogens with one attached hydrogen (secondary N) is 2. The van der Waals surface area contributed by atoms with Crippen LogP contribution in [0.3, 0.4) is 0 Å². The molecule has 0 aliphatic carbocycles. The van der Waals surface area contributed by atoms with Crippen molar-refractivity contribution in [3.8, 4) is 0 Å². The SMILES string of the molecule is Cc1cccc(Cn2nc(C)c(NC(=S)Nc3ccn(Cc4c(Cl)cccc4Cl)n3)c2C)c1. The summed E-state index contributed by atoms with van der Waals surface area (Å²) in [5, 5.41) is 17.3. The maximum atomic E-state index is 6.27. The number of halogens is 2. The van der Waals surface area contributed by atoms with E-state index in [1.54, 1.807) is 4.68 Å². The van der Waals surface area contributed by atoms with E-state index in [4.69, 9.17) is 35.4 Å². The lowest BCUT2D eigenvalue weighted by molar-refractivity contribution is 0.659. The molecule has 0 unspecified atom stereocenters. The van der Waals surface area contributed by atoms with Gasteiger partial charge in [-0.1, -0.05) is 59.1 Å². The molecule has 0 saturated heterocycles. The molecule has 2 N–H and O–H groups in total. The molecule has 2 aromatic carbocycles. The molecule has 6 nitrogen and oxygen atoms in total. The van der Waals surface area contributed by atoms with E-state index in [0.717, 1.165) is 22.6 Å². The van der Waals surface area contributed by atoms with Gasteiger partial charge in [-0.05, 0) is 50.7 Å². The largest absolute Gasteiger partial charge is 0.329 e. The second-order valence-corrected chi connectivity index (χ2v) is 9.09. The van der Waals surface area contributed by atoms with Gasteiger partial charge in [0.25, 0.3) is 0 Å². The molecule has 0 aliphatic heterocycles. The van der Waals surface area contributed by atoms with Crippen LogP contribution in [0.15, 0.2) is 54.7 Å². The van der Waals surface area contributed by atoms with Crippen LogP contribution in [-0.4, -0.2) is 24.7 Å². The number of hydrogen-bond acceptors (Lipinski definition) is 3. The Hall–Kier alpha value is -2.87. The van der Waals surface area contributed by atoms with Crippen molar-refractivity contribution in [3.63, 3.8) is 0 Å². The van der Waals surface area contributed by atoms with Crippen molar-refractivity contribution >= 4 is 52.0 Å². The number of nitrogens with zero attached hydrogens (tertiary/aromatic N) is 4. The van der Waals surface area contributed by atoms with Gasteiger partial charge in [0.1, 0.15) is 0 Å². The lowest BCUT2D eigenvalue weighted by Crippen LogP contribution is -2.20. The molecule has 0 spiro atoms. The Bertz CT molecular complexity index is 1290. The highest BCUT2D eigenvalue weighted by atomic mass is 35.5. The van der Waals surface area contributed by atoms with E-state index in [1.165, 1.54) is 11.1 Å². The van der Waals surface area contributed by atoms with Gasteiger partial charge in [0.15, 0.2) is 10.9 Å². The van der Waals surface area contributed by atoms with Crippen LogP contribution >= 0.6 is 35.4 Å². The fraction of sp³-hybridized carbons (Fsp3) is 0.208. The summed E-state index contributed by atoms with van der Waals surface area (Å²) in [6.07, 6.45) is 1.85. The average Bonchev–Trinajstić information content (AvgIpc) is 3.30. The zero-order valence-electron chi connectivity index (χ0n) is 18.6. The summed E-state index contributed by atoms with van der Waals surface area (Å²) >= 11 is 18.1. The minimum atomic E-state index is 0.442. The maximum Gasteiger partial charge on any atom is 0.176 e. The van der Waals surface area contributed by atoms with Gasteiger partial charge in [-0.3, -0.25) is 9.36 Å². The van der Waals surface area contributed by atoms with E-state index in [1.807, 2.05) is 49.0 Å². The summed E-state index contributed by atoms with van der Waals surface area (Å²) in [5.41, 5.74) is 6.04. The molecule has 170 valence electrons. The van der Waals surface area contributed by atoms with E-state index in [0.29, 0.717) is 34.1 Å². The fourth-order valence-electron chi connectivity index (χ4n) is 3.64. The second-order valence-electron chi connectivity index (χ2n) is 7.87. The summed E-state index contributed by atoms with van der Waals surface area (Å²) in [7, 11) is 0. The smallest absolute Gasteiger partial charge is 0.176 e. The Balaban J connectivity index is 1.42. The van der Waals surface area contributed by atoms with Crippen LogP contribution in [-0.2, 0) is 13.1 Å². The van der Waals surface area contributed by atoms with Gasteiger partial charge in [0, 0.05) is 27.9 Å². The van der Waals surface area contributed by atoms with E-state index in [9.17, 15) is 0 Å². The first kappa shape index (κ1) is 23.3. The Morgan fingerprint density at radius 2 is 1.67 bits per heavy atom. The lowest BCUT2D eigenvalue weighted by atomic mass is 10.1. The first-order valence-corrected chi connectivity index (χ1v) is 11.6. The minimum Gasteiger partial charge on any atom is -0.329 e. The van der Waals surface area contributed by atoms with Crippen molar-refractivity contribution in [2.24, 2.45) is 0 Å². The molecule has 0 amide bonds. The van der Waals surface area contributed by atoms with E-state index >= 15 is 0 Å². The number of rotatable bonds is 6. The quantitative estimate of drug-likeness (QED) is 0.309. The fourth-order valence-corrected chi connectivity index (χ4v) is 4.36. The zero-order valence-corrected chi connectivity index (χ0v) is 20.9. The van der Waals surface area contributed by atoms with E-state index in [2.05, 4.69) is 52.0 Å². The Morgan fingerprint density at radius 1 is 0.939 bits per heavy atom. The van der Waals surface area contributed by atoms with Crippen molar-refractivity contribution < 1.29 is 0 Å². The molecule has 33 heavy (non-hydrogen) atoms. The Morgan fingerprint density at radius 3 is 2.39 bits per heavy atom. The van der Waals surface area contributed by atoms with Crippen LogP contribution in [0.5, 0.6) is 0 Å². The zero-order chi connectivity index (χ0) is 23.5. The molecule has 0 fully saturated rings. The van der Waals surface area contributed by atoms with Gasteiger partial charge in [0.05, 0.1) is 30.2 Å². The Kier molecular flexibility index (Phi) is 7.02. The van der Waals surface area contributed by atoms with Gasteiger partial charge in [0.2, 0.25) is 0 Å². The third-order valence-corrected chi connectivity index (χ3v) is 6.21. The monoisotopic (exact) mass is 498 g/mol. The summed E-state index contributed by atoms with van der Waals surface area (Å²) < 4.78 is 3.74. The van der Waals surface area contributed by atoms with Crippen LogP contribution in [0, 0.1) is 20.8 Å². The topological polar surface area (TPSA) is 59.7 Å². The highest BCUT2D eigenvalue weighted by Gasteiger charge is 2.14. The number of hydrogen-bond donors (Lipinski definition) is 2. The minimum absolute atomic E-state index is 0.442. The molecule has 2 aromatic heterocycles. The van der Waals surface area contributed by atoms with Crippen molar-refractivity contribution in [2.45, 2.75) is 33.9 Å². The summed E-state index contributed by atoms with van der Waals surface area (Å²) in [6.45, 7) is 7.25. The number of benzene rings is 2. The molecule has 0 bridgehead atoms. The van der Waals surface area contributed by atoms with Gasteiger partial charge in [-0.15, -0.1) is 0 Å². The van der Waals surface area contributed by atoms with E-state index < -0.39 is 0 Å². The van der Waals surface area contributed by atoms with Crippen LogP contribution in [0.2, 0.25) is 10.0 Å². The van der Waals surface area contributed by atoms with Crippen molar-refractivity contribution in [1.29, 1.82) is 0 Å². The Labute approximate surface area is 208 Å². The summed E-state index contributed by atoms with van der Waals surface area (Å²) in [4.78, 5) is 0. The van der Waals surface area contributed by atoms with Gasteiger partial charge >= 0.3 is 0 Å². The van der Waals surface area contributed by atoms with Crippen LogP contribution in [0.4, 0.5) is 11.5 Å². The third-order valence-electron chi connectivity index (χ3n) is 5.30. The van der Waals surface area contributed by atoms with Crippen LogP contribution < -0.4 is 10.6 Å². The number of aromatic nitrogens is 4. The average molecular weight is 499 g/mol. The number of thiocarbonyl (C=S) groups is 1. The molecule has 4 aromatic rings. The molecular weight excluding hydrogens is 475 g/mol. The highest BCUT2D eigenvalue weighted by molar-refractivity contribution is 7.80. The molecule has 2 heterocycles. The van der Waals surface area contributed by atoms with Gasteiger partial charge < -0.3 is 10.6 Å². The van der Waals surface area contributed by atoms with Crippen molar-refractivity contribution in [1.82, 2.24) is 19.6 Å². The second kappa shape index (κ2) is 9.95. The predicted molar refractivity (Wildman–Crippen MR) is 140 cm³/mol. The molecule has 4 rings (SSSR count). The van der Waals surface area contributed by atoms with Gasteiger partial charge in [-0.25, -0.2) is 0 Å². The molecular formula is C24H24Cl2N6S. The standard InChI is InChI=1S/C24H24Cl2N6S/c1-15-6-4-7-18(12-15)13-32-17(3)23(16(2)29-32)28-24(33)27-22-10-11-31(30-22)14-19-20(25)8-5-9-21(19)26/h4-12H,13-14H2,1-3H3,(H2,27,28,30,33). The molecule has 0 atom stereocenters. The van der Waals surface area contributed by atoms with Gasteiger partial charge in [-0.2, -0.15) is 10.2 Å². The highest BCUT2D eigenvalue weighted by Crippen LogP contribution is 2.25. The number of aryl methyl sites for hydroxylation is 2. The van der Waals surface area contributed by atoms with E-state index in [-0.39, 0.29) is 0 Å². The maximum absolute atomic E-state index is 6.27. The molecule has 0 aliphatic rings. The summed E-state index contributed by atoms with van der Waals surface area (Å²) in [5.74, 6) is 0.623. The first-order chi connectivity index (χ1) is 15.8.